The molecule has 0 aliphatic heterocycles. The number of hydrogen-bond donors (Lipinski definition) is 2. The van der Waals surface area contributed by atoms with Crippen molar-refractivity contribution in [2.24, 2.45) is 0 Å². The summed E-state index contributed by atoms with van der Waals surface area (Å²) in [6, 6.07) is 1.80. The minimum absolute atomic E-state index is 0.401. The molecule has 0 saturated heterocycles. The number of anilines is 1. The van der Waals surface area contributed by atoms with Gasteiger partial charge >= 0.3 is 0 Å². The van der Waals surface area contributed by atoms with Gasteiger partial charge in [0.15, 0.2) is 0 Å². The Morgan fingerprint density at radius 3 is 2.64 bits per heavy atom. The lowest BCUT2D eigenvalue weighted by Gasteiger charge is -2.07. The predicted molar refractivity (Wildman–Crippen MR) is 50.1 cm³/mol. The molecule has 0 bridgehead atoms. The Morgan fingerprint density at radius 2 is 2.18 bits per heavy atom. The zero-order chi connectivity index (χ0) is 8.43. The first-order valence-corrected chi connectivity index (χ1v) is 4.01. The highest BCUT2D eigenvalue weighted by Gasteiger charge is 2.03. The van der Waals surface area contributed by atoms with E-state index in [2.05, 4.69) is 18.8 Å². The monoisotopic (exact) mass is 168 g/mol. The summed E-state index contributed by atoms with van der Waals surface area (Å²) in [6.45, 7) is 4.16. The lowest BCUT2D eigenvalue weighted by Crippen LogP contribution is -1.99. The van der Waals surface area contributed by atoms with Crippen molar-refractivity contribution in [2.75, 3.05) is 5.73 Å². The molecule has 0 fully saturated rings. The maximum atomic E-state index is 5.75. The zero-order valence-electron chi connectivity index (χ0n) is 6.72. The van der Waals surface area contributed by atoms with E-state index in [4.69, 9.17) is 18.0 Å². The third-order valence-corrected chi connectivity index (χ3v) is 1.96. The van der Waals surface area contributed by atoms with Crippen LogP contribution in [0.25, 0.3) is 0 Å². The fourth-order valence-electron chi connectivity index (χ4n) is 0.985. The Morgan fingerprint density at radius 1 is 1.55 bits per heavy atom. The quantitative estimate of drug-likeness (QED) is 0.632. The second-order valence-electron chi connectivity index (χ2n) is 2.82. The summed E-state index contributed by atoms with van der Waals surface area (Å²) in [7, 11) is 0. The summed E-state index contributed by atoms with van der Waals surface area (Å²) in [4.78, 5) is 3.09. The Kier molecular flexibility index (Phi) is 2.29. The van der Waals surface area contributed by atoms with E-state index in [0.29, 0.717) is 11.6 Å². The highest BCUT2D eigenvalue weighted by Crippen LogP contribution is 2.18. The molecule has 60 valence electrons. The van der Waals surface area contributed by atoms with Crippen LogP contribution in [-0.4, -0.2) is 4.98 Å². The van der Waals surface area contributed by atoms with Gasteiger partial charge in [-0.25, -0.2) is 0 Å². The van der Waals surface area contributed by atoms with Crippen LogP contribution in [0.3, 0.4) is 0 Å². The van der Waals surface area contributed by atoms with E-state index in [-0.39, 0.29) is 0 Å². The summed E-state index contributed by atoms with van der Waals surface area (Å²) in [5, 5.41) is 0. The molecule has 0 aliphatic rings. The Hall–Kier alpha value is -0.830. The Labute approximate surface area is 71.4 Å². The van der Waals surface area contributed by atoms with Gasteiger partial charge in [-0.1, -0.05) is 26.1 Å². The first kappa shape index (κ1) is 8.27. The minimum atomic E-state index is 0.401. The predicted octanol–water partition coefficient (Wildman–Crippen LogP) is 2.45. The molecule has 1 rings (SSSR count). The molecule has 0 radical (unpaired) electrons. The standard InChI is InChI=1S/C8H12N2S/c1-5(2)8-7(9)6(11)3-4-10-8/h3-5H,9H2,1-2H3,(H,10,11). The average molecular weight is 168 g/mol. The average Bonchev–Trinajstić information content (AvgIpc) is 1.94. The van der Waals surface area contributed by atoms with Gasteiger partial charge in [0.2, 0.25) is 0 Å². The van der Waals surface area contributed by atoms with Crippen LogP contribution in [0.5, 0.6) is 0 Å². The fourth-order valence-corrected chi connectivity index (χ4v) is 1.16. The molecule has 3 N–H and O–H groups in total. The van der Waals surface area contributed by atoms with Crippen molar-refractivity contribution in [1.29, 1.82) is 0 Å². The number of H-pyrrole nitrogens is 1. The van der Waals surface area contributed by atoms with Gasteiger partial charge < -0.3 is 10.7 Å². The first-order valence-electron chi connectivity index (χ1n) is 3.60. The van der Waals surface area contributed by atoms with Crippen LogP contribution >= 0.6 is 12.2 Å². The third kappa shape index (κ3) is 1.60. The largest absolute Gasteiger partial charge is 0.396 e. The SMILES string of the molecule is CC(C)c1[nH]ccc(=S)c1N. The van der Waals surface area contributed by atoms with Crippen molar-refractivity contribution in [3.63, 3.8) is 0 Å². The molecule has 0 atom stereocenters. The molecular weight excluding hydrogens is 156 g/mol. The van der Waals surface area contributed by atoms with Crippen molar-refractivity contribution < 1.29 is 0 Å². The molecule has 0 aromatic carbocycles. The smallest absolute Gasteiger partial charge is 0.0697 e. The molecule has 1 heterocycles. The Bertz CT molecular complexity index is 301. The van der Waals surface area contributed by atoms with Crippen LogP contribution in [-0.2, 0) is 0 Å². The third-order valence-electron chi connectivity index (χ3n) is 1.61. The molecule has 1 aromatic heterocycles. The summed E-state index contributed by atoms with van der Waals surface area (Å²) >= 11 is 5.01. The maximum absolute atomic E-state index is 5.75. The van der Waals surface area contributed by atoms with Crippen LogP contribution in [0, 0.1) is 4.51 Å². The molecule has 3 heteroatoms. The van der Waals surface area contributed by atoms with Gasteiger partial charge in [0.1, 0.15) is 0 Å². The van der Waals surface area contributed by atoms with Gasteiger partial charge in [0.25, 0.3) is 0 Å². The molecule has 0 amide bonds. The minimum Gasteiger partial charge on any atom is -0.396 e. The maximum Gasteiger partial charge on any atom is 0.0697 e. The molecular formula is C8H12N2S. The first-order chi connectivity index (χ1) is 5.13. The van der Waals surface area contributed by atoms with Crippen LogP contribution in [0.4, 0.5) is 5.69 Å². The normalized spacial score (nSPS) is 10.5. The van der Waals surface area contributed by atoms with Gasteiger partial charge in [0, 0.05) is 11.9 Å². The van der Waals surface area contributed by atoms with Gasteiger partial charge in [-0.05, 0) is 12.0 Å². The highest BCUT2D eigenvalue weighted by atomic mass is 32.1. The van der Waals surface area contributed by atoms with Gasteiger partial charge in [0.05, 0.1) is 10.2 Å². The summed E-state index contributed by atoms with van der Waals surface area (Å²) in [5.41, 5.74) is 7.48. The highest BCUT2D eigenvalue weighted by molar-refractivity contribution is 7.71. The van der Waals surface area contributed by atoms with E-state index in [9.17, 15) is 0 Å². The Balaban J connectivity index is 3.28. The topological polar surface area (TPSA) is 41.8 Å². The molecule has 1 aromatic rings. The number of nitrogens with two attached hydrogens (primary N) is 1. The van der Waals surface area contributed by atoms with E-state index in [0.717, 1.165) is 10.2 Å². The van der Waals surface area contributed by atoms with E-state index < -0.39 is 0 Å². The lowest BCUT2D eigenvalue weighted by molar-refractivity contribution is 0.826. The van der Waals surface area contributed by atoms with Crippen LogP contribution in [0.15, 0.2) is 12.3 Å². The lowest BCUT2D eigenvalue weighted by atomic mass is 10.1. The van der Waals surface area contributed by atoms with Crippen molar-refractivity contribution in [2.45, 2.75) is 19.8 Å². The molecule has 0 unspecified atom stereocenters. The second kappa shape index (κ2) is 3.05. The summed E-state index contributed by atoms with van der Waals surface area (Å²) < 4.78 is 0.729. The summed E-state index contributed by atoms with van der Waals surface area (Å²) in [5.74, 6) is 0.401. The van der Waals surface area contributed by atoms with Crippen LogP contribution < -0.4 is 5.73 Å². The molecule has 0 spiro atoms. The van der Waals surface area contributed by atoms with E-state index in [1.165, 1.54) is 0 Å². The molecule has 0 saturated carbocycles. The number of nitrogens with one attached hydrogen (secondary N) is 1. The zero-order valence-corrected chi connectivity index (χ0v) is 7.53. The number of aromatic nitrogens is 1. The molecule has 2 nitrogen and oxygen atoms in total. The van der Waals surface area contributed by atoms with Gasteiger partial charge in [-0.3, -0.25) is 0 Å². The number of hydrogen-bond acceptors (Lipinski definition) is 2. The van der Waals surface area contributed by atoms with E-state index in [1.54, 1.807) is 6.07 Å². The van der Waals surface area contributed by atoms with Gasteiger partial charge in [-0.15, -0.1) is 0 Å². The number of aromatic amines is 1. The van der Waals surface area contributed by atoms with E-state index in [1.807, 2.05) is 6.20 Å². The second-order valence-corrected chi connectivity index (χ2v) is 3.26. The number of nitrogen functional groups attached to an aromatic ring is 1. The number of rotatable bonds is 1. The molecule has 11 heavy (non-hydrogen) atoms. The van der Waals surface area contributed by atoms with Gasteiger partial charge in [-0.2, -0.15) is 0 Å². The fraction of sp³-hybridized carbons (Fsp3) is 0.375. The van der Waals surface area contributed by atoms with E-state index >= 15 is 0 Å². The van der Waals surface area contributed by atoms with Crippen LogP contribution in [0.2, 0.25) is 0 Å². The number of pyridine rings is 1. The van der Waals surface area contributed by atoms with Crippen molar-refractivity contribution in [3.05, 3.63) is 22.5 Å². The summed E-state index contributed by atoms with van der Waals surface area (Å²) in [6.07, 6.45) is 1.83. The molecule has 0 aliphatic carbocycles. The van der Waals surface area contributed by atoms with Crippen LogP contribution in [0.1, 0.15) is 25.5 Å². The van der Waals surface area contributed by atoms with Crippen molar-refractivity contribution in [1.82, 2.24) is 4.98 Å². The van der Waals surface area contributed by atoms with Crippen molar-refractivity contribution >= 4 is 17.9 Å². The van der Waals surface area contributed by atoms with Crippen molar-refractivity contribution in [3.8, 4) is 0 Å².